The van der Waals surface area contributed by atoms with Crippen LogP contribution in [0.1, 0.15) is 112 Å². The van der Waals surface area contributed by atoms with Crippen LogP contribution in [0.15, 0.2) is 85.1 Å². The molecule has 25 nitrogen and oxygen atoms in total. The van der Waals surface area contributed by atoms with Crippen LogP contribution in [0.4, 0.5) is 0 Å². The van der Waals surface area contributed by atoms with Gasteiger partial charge in [-0.25, -0.2) is 25.3 Å². The summed E-state index contributed by atoms with van der Waals surface area (Å²) >= 11 is 0. The Morgan fingerprint density at radius 1 is 0.470 bits per heavy atom. The molecule has 5 amide bonds. The first kappa shape index (κ1) is 80.5. The molecule has 30 heteroatoms. The molecule has 83 heavy (non-hydrogen) atoms. The van der Waals surface area contributed by atoms with Gasteiger partial charge < -0.3 is 35.0 Å². The summed E-state index contributed by atoms with van der Waals surface area (Å²) in [5.41, 5.74) is -5.25. The maximum atomic E-state index is 11.6. The van der Waals surface area contributed by atoms with Crippen LogP contribution in [0.2, 0.25) is 0 Å². The van der Waals surface area contributed by atoms with E-state index in [-0.39, 0.29) is 161 Å². The molecule has 0 saturated carbocycles. The molecular formula is C53H73N5O20W5. The minimum atomic E-state index is -1.58. The number of aliphatic hydroxyl groups is 5. The quantitative estimate of drug-likeness (QED) is 0.0670. The monoisotopic (exact) mass is 2020 g/mol. The minimum absolute atomic E-state index is 0. The molecule has 0 aromatic heterocycles. The van der Waals surface area contributed by atoms with E-state index in [9.17, 15) is 84.8 Å². The molecule has 0 aromatic rings. The van der Waals surface area contributed by atoms with Crippen molar-refractivity contribution in [3.63, 3.8) is 0 Å². The predicted molar refractivity (Wildman–Crippen MR) is 268 cm³/mol. The smallest absolute Gasteiger partial charge is 0.250 e. The summed E-state index contributed by atoms with van der Waals surface area (Å²) in [7, 11) is 0. The number of unbranched alkanes of at least 4 members (excludes halogenated alkanes) is 3. The van der Waals surface area contributed by atoms with E-state index in [2.05, 4.69) is 20.8 Å². The second kappa shape index (κ2) is 33.7. The maximum Gasteiger partial charge on any atom is 0.250 e. The number of allylic oxidation sites excluding steroid dienone is 1. The largest absolute Gasteiger partial charge is 0.390 e. The first-order valence-electron chi connectivity index (χ1n) is 25.9. The molecule has 8 atom stereocenters. The van der Waals surface area contributed by atoms with Gasteiger partial charge in [0, 0.05) is 125 Å². The summed E-state index contributed by atoms with van der Waals surface area (Å²) in [5.74, 6) is -3.15. The number of β-lactam (4-membered cyclic amide) rings is 5. The molecule has 5 aliphatic carbocycles. The van der Waals surface area contributed by atoms with Crippen LogP contribution >= 0.6 is 0 Å². The molecule has 3 unspecified atom stereocenters. The summed E-state index contributed by atoms with van der Waals surface area (Å²) in [5, 5.41) is 96.8. The SMILES string of the molecule is CCCCCC.CCCOC1(C)C=CC2(C=C1)CC(=O)N2O.CCCO[C@@H]1C(=O)C=CC2(CC(=O)N2O)[C@@H]1O.O=C1C=CC2(CC(=O)N2O)[C@H](O)C1.O=C1C=CC2(CC(=O)N2O)[C@H](O)[C@@H]1O.O=C1CC2(C=CC(O)C=C2)N1O.[W].[W].[W].[W].[W]. The normalized spacial score (nSPS) is 33.9. The number of ketones is 3. The number of hydrogen-bond donors (Lipinski definition) is 10. The summed E-state index contributed by atoms with van der Waals surface area (Å²) in [4.78, 5) is 87.7. The van der Waals surface area contributed by atoms with Crippen LogP contribution in [0.25, 0.3) is 0 Å². The predicted octanol–water partition coefficient (Wildman–Crippen LogP) is 1.15. The third-order valence-corrected chi connectivity index (χ3v) is 14.8. The Balaban J connectivity index is 0.000000977. The average molecular weight is 2020 g/mol. The molecule has 5 heterocycles. The van der Waals surface area contributed by atoms with Gasteiger partial charge in [0.2, 0.25) is 29.5 Å². The zero-order chi connectivity index (χ0) is 58.2. The number of amides is 5. The molecule has 10 rings (SSSR count). The standard InChI is InChI=1S/C12H17NO3.C11H15NO5.C8H9NO5.C8H9NO4.C8H9NO3.C6H14.5W/c1-3-8-16-11(2)4-6-12(7-5-11)9-10(14)13(12)15;1-2-5-17-9-7(13)3-4-11(10(9)15)6-8(14)12(11)16;10-4-1-2-8(7(13)6(4)12)3-5(11)9(8)14;10-5-1-2-8(6(11)3-5)4-7(12)9(8)13;10-6-1-3-8(4-2-6)5-7(11)9(8)12;1-3-5-6-4-2;;;;;/h4-7,15H,3,8-9H2,1-2H3;3-4,9-10,15-16H,2,5-6H2,1H3;1-2,6-7,12-14H,3H2;1-2,6,11,13H,3-4H2;1-4,6,10,12H,5H2;3-6H2,1-2H3;;;;;/t;9-,10-,11?;6-,7-,8?;6-,8?;;;;;;;/m.111......./s1. The topological polar surface area (TPSA) is 374 Å². The van der Waals surface area contributed by atoms with E-state index in [1.165, 1.54) is 56.1 Å². The number of carbonyl (C=O) groups excluding carboxylic acids is 8. The van der Waals surface area contributed by atoms with Crippen molar-refractivity contribution < 1.29 is 205 Å². The van der Waals surface area contributed by atoms with Gasteiger partial charge in [-0.1, -0.05) is 102 Å². The van der Waals surface area contributed by atoms with E-state index in [0.717, 1.165) is 24.0 Å². The Labute approximate surface area is 552 Å². The Hall–Kier alpha value is -2.50. The summed E-state index contributed by atoms with van der Waals surface area (Å²) in [6.07, 6.45) is 22.3. The molecule has 10 aliphatic rings. The van der Waals surface area contributed by atoms with Crippen molar-refractivity contribution in [3.8, 4) is 0 Å². The van der Waals surface area contributed by atoms with Crippen LogP contribution in [-0.4, -0.2) is 207 Å². The van der Waals surface area contributed by atoms with Crippen molar-refractivity contribution in [1.82, 2.24) is 25.3 Å². The van der Waals surface area contributed by atoms with Crippen molar-refractivity contribution in [3.05, 3.63) is 85.1 Å². The number of rotatable bonds is 9. The Kier molecular flexibility index (Phi) is 32.7. The van der Waals surface area contributed by atoms with E-state index in [1.807, 2.05) is 38.2 Å². The second-order valence-corrected chi connectivity index (χ2v) is 20.6. The fourth-order valence-corrected chi connectivity index (χ4v) is 9.48. The van der Waals surface area contributed by atoms with Gasteiger partial charge in [-0.2, -0.15) is 0 Å². The molecule has 0 radical (unpaired) electrons. The van der Waals surface area contributed by atoms with Gasteiger partial charge in [0.15, 0.2) is 17.3 Å². The third kappa shape index (κ3) is 17.2. The molecule has 0 aromatic carbocycles. The van der Waals surface area contributed by atoms with Crippen LogP contribution in [0.3, 0.4) is 0 Å². The Morgan fingerprint density at radius 2 is 0.867 bits per heavy atom. The number of ether oxygens (including phenoxy) is 2. The molecule has 0 bridgehead atoms. The Bertz CT molecular complexity index is 2500. The fourth-order valence-electron chi connectivity index (χ4n) is 9.48. The number of carbonyl (C=O) groups is 8. The van der Waals surface area contributed by atoms with Gasteiger partial charge in [-0.15, -0.1) is 0 Å². The molecule has 460 valence electrons. The van der Waals surface area contributed by atoms with E-state index < -0.39 is 93.4 Å². The van der Waals surface area contributed by atoms with Crippen molar-refractivity contribution in [2.45, 2.75) is 182 Å². The maximum absolute atomic E-state index is 11.6. The van der Waals surface area contributed by atoms with Gasteiger partial charge in [0.1, 0.15) is 57.7 Å². The molecule has 10 N–H and O–H groups in total. The van der Waals surface area contributed by atoms with Gasteiger partial charge in [-0.05, 0) is 56.2 Å². The zero-order valence-corrected chi connectivity index (χ0v) is 60.9. The Morgan fingerprint density at radius 3 is 1.25 bits per heavy atom. The molecular weight excluding hydrogens is 1950 g/mol. The average Bonchev–Trinajstić information content (AvgIpc) is 3.43. The first-order valence-corrected chi connectivity index (χ1v) is 25.9. The number of nitrogens with zero attached hydrogens (tertiary/aromatic N) is 5. The van der Waals surface area contributed by atoms with Crippen LogP contribution in [0.5, 0.6) is 0 Å². The van der Waals surface area contributed by atoms with E-state index in [0.29, 0.717) is 39.9 Å². The van der Waals surface area contributed by atoms with Crippen LogP contribution in [0, 0.1) is 0 Å². The van der Waals surface area contributed by atoms with E-state index in [1.54, 1.807) is 24.3 Å². The van der Waals surface area contributed by atoms with Crippen molar-refractivity contribution in [1.29, 1.82) is 0 Å². The molecule has 5 saturated heterocycles. The fraction of sp³-hybridized carbons (Fsp3) is 0.585. The summed E-state index contributed by atoms with van der Waals surface area (Å²) in [6, 6.07) is 0. The summed E-state index contributed by atoms with van der Waals surface area (Å²) in [6.45, 7) is 11.4. The van der Waals surface area contributed by atoms with Crippen molar-refractivity contribution in [2.75, 3.05) is 13.2 Å². The van der Waals surface area contributed by atoms with Crippen molar-refractivity contribution >= 4 is 46.9 Å². The summed E-state index contributed by atoms with van der Waals surface area (Å²) < 4.78 is 11.0. The zero-order valence-electron chi connectivity index (χ0n) is 46.3. The molecule has 5 fully saturated rings. The van der Waals surface area contributed by atoms with Crippen LogP contribution < -0.4 is 0 Å². The van der Waals surface area contributed by atoms with E-state index >= 15 is 0 Å². The van der Waals surface area contributed by atoms with Gasteiger partial charge >= 0.3 is 0 Å². The second-order valence-electron chi connectivity index (χ2n) is 20.6. The number of hydroxylamine groups is 10. The van der Waals surface area contributed by atoms with E-state index in [4.69, 9.17) is 14.6 Å². The van der Waals surface area contributed by atoms with Crippen molar-refractivity contribution in [2.24, 2.45) is 0 Å². The minimum Gasteiger partial charge on any atom is -0.390 e. The molecule has 5 spiro atoms. The van der Waals surface area contributed by atoms with Gasteiger partial charge in [-0.3, -0.25) is 64.4 Å². The van der Waals surface area contributed by atoms with Gasteiger partial charge in [0.05, 0.1) is 44.3 Å². The first-order chi connectivity index (χ1) is 36.6. The number of hydrogen-bond acceptors (Lipinski definition) is 20. The van der Waals surface area contributed by atoms with Crippen LogP contribution in [-0.2, 0) is 153 Å². The third-order valence-electron chi connectivity index (χ3n) is 14.8. The number of aliphatic hydroxyl groups excluding tert-OH is 5. The van der Waals surface area contributed by atoms with Gasteiger partial charge in [0.25, 0.3) is 0 Å². The molecule has 5 aliphatic heterocycles.